The summed E-state index contributed by atoms with van der Waals surface area (Å²) >= 11 is 0. The molecule has 0 bridgehead atoms. The molecule has 19 heavy (non-hydrogen) atoms. The lowest BCUT2D eigenvalue weighted by atomic mass is 9.96. The van der Waals surface area contributed by atoms with E-state index in [1.165, 1.54) is 27.9 Å². The average Bonchev–Trinajstić information content (AvgIpc) is 2.33. The number of rotatable bonds is 3. The lowest BCUT2D eigenvalue weighted by Crippen LogP contribution is -2.32. The molecule has 0 aliphatic heterocycles. The van der Waals surface area contributed by atoms with Crippen molar-refractivity contribution in [2.24, 2.45) is 13.0 Å². The van der Waals surface area contributed by atoms with Crippen LogP contribution in [-0.2, 0) is 13.5 Å². The van der Waals surface area contributed by atoms with Crippen LogP contribution in [0.3, 0.4) is 0 Å². The fraction of sp³-hybridized carbons (Fsp3) is 0.389. The van der Waals surface area contributed by atoms with Crippen molar-refractivity contribution in [2.75, 3.05) is 0 Å². The highest BCUT2D eigenvalue weighted by atomic mass is 14.9. The van der Waals surface area contributed by atoms with Crippen molar-refractivity contribution in [1.82, 2.24) is 0 Å². The van der Waals surface area contributed by atoms with Crippen LogP contribution in [0.25, 0.3) is 11.3 Å². The maximum Gasteiger partial charge on any atom is 0.212 e. The van der Waals surface area contributed by atoms with Crippen LogP contribution in [0, 0.1) is 19.8 Å². The van der Waals surface area contributed by atoms with Gasteiger partial charge in [0.25, 0.3) is 0 Å². The fourth-order valence-electron chi connectivity index (χ4n) is 2.61. The first-order chi connectivity index (χ1) is 8.99. The molecule has 0 saturated carbocycles. The van der Waals surface area contributed by atoms with Gasteiger partial charge in [0.05, 0.1) is 0 Å². The largest absolute Gasteiger partial charge is 0.212 e. The smallest absolute Gasteiger partial charge is 0.201 e. The van der Waals surface area contributed by atoms with Crippen molar-refractivity contribution in [2.45, 2.75) is 34.1 Å². The third kappa shape index (κ3) is 3.04. The Morgan fingerprint density at radius 3 is 2.37 bits per heavy atom. The number of benzene rings is 1. The van der Waals surface area contributed by atoms with Crippen LogP contribution in [0.4, 0.5) is 0 Å². The number of pyridine rings is 1. The lowest BCUT2D eigenvalue weighted by Gasteiger charge is -2.11. The number of aromatic nitrogens is 1. The summed E-state index contributed by atoms with van der Waals surface area (Å²) < 4.78 is 2.24. The van der Waals surface area contributed by atoms with Gasteiger partial charge >= 0.3 is 0 Å². The monoisotopic (exact) mass is 254 g/mol. The second-order valence-corrected chi connectivity index (χ2v) is 5.89. The standard InChI is InChI=1S/C18H24N/c1-13(2)10-16-11-18(19(5)12-15(16)4)17-9-7-6-8-14(17)3/h6-9,11-13H,10H2,1-5H3/q+1. The molecule has 0 aliphatic rings. The Morgan fingerprint density at radius 2 is 1.74 bits per heavy atom. The molecule has 1 nitrogen and oxygen atoms in total. The molecule has 100 valence electrons. The predicted molar refractivity (Wildman–Crippen MR) is 81.1 cm³/mol. The molecule has 1 aromatic carbocycles. The summed E-state index contributed by atoms with van der Waals surface area (Å²) in [6, 6.07) is 11.0. The van der Waals surface area contributed by atoms with Gasteiger partial charge in [0.2, 0.25) is 5.69 Å². The molecule has 0 atom stereocenters. The van der Waals surface area contributed by atoms with Gasteiger partial charge in [-0.25, -0.2) is 4.57 Å². The highest BCUT2D eigenvalue weighted by molar-refractivity contribution is 5.61. The summed E-state index contributed by atoms with van der Waals surface area (Å²) in [5.41, 5.74) is 6.81. The fourth-order valence-corrected chi connectivity index (χ4v) is 2.61. The summed E-state index contributed by atoms with van der Waals surface area (Å²) in [5, 5.41) is 0. The summed E-state index contributed by atoms with van der Waals surface area (Å²) in [6.45, 7) is 8.94. The summed E-state index contributed by atoms with van der Waals surface area (Å²) in [6.07, 6.45) is 3.39. The summed E-state index contributed by atoms with van der Waals surface area (Å²) in [7, 11) is 2.13. The van der Waals surface area contributed by atoms with E-state index in [2.05, 4.69) is 75.8 Å². The molecule has 0 spiro atoms. The molecule has 0 saturated heterocycles. The molecule has 0 amide bonds. The van der Waals surface area contributed by atoms with Crippen molar-refractivity contribution >= 4 is 0 Å². The number of nitrogens with zero attached hydrogens (tertiary/aromatic N) is 1. The van der Waals surface area contributed by atoms with Crippen LogP contribution in [-0.4, -0.2) is 0 Å². The molecule has 1 aromatic heterocycles. The van der Waals surface area contributed by atoms with Crippen molar-refractivity contribution < 1.29 is 4.57 Å². The normalized spacial score (nSPS) is 11.1. The molecule has 0 fully saturated rings. The molecule has 0 aliphatic carbocycles. The molecule has 0 unspecified atom stereocenters. The molecule has 1 heterocycles. The van der Waals surface area contributed by atoms with Gasteiger partial charge in [-0.1, -0.05) is 32.0 Å². The molecular weight excluding hydrogens is 230 g/mol. The number of hydrogen-bond donors (Lipinski definition) is 0. The highest BCUT2D eigenvalue weighted by Crippen LogP contribution is 2.23. The summed E-state index contributed by atoms with van der Waals surface area (Å²) in [5.74, 6) is 0.691. The minimum atomic E-state index is 0.691. The van der Waals surface area contributed by atoms with Gasteiger partial charge in [0.15, 0.2) is 6.20 Å². The van der Waals surface area contributed by atoms with Gasteiger partial charge in [-0.3, -0.25) is 0 Å². The van der Waals surface area contributed by atoms with Crippen LogP contribution in [0.5, 0.6) is 0 Å². The van der Waals surface area contributed by atoms with Gasteiger partial charge in [-0.15, -0.1) is 0 Å². The van der Waals surface area contributed by atoms with Crippen LogP contribution >= 0.6 is 0 Å². The van der Waals surface area contributed by atoms with Gasteiger partial charge in [-0.2, -0.15) is 0 Å². The van der Waals surface area contributed by atoms with E-state index in [-0.39, 0.29) is 0 Å². The van der Waals surface area contributed by atoms with E-state index in [4.69, 9.17) is 0 Å². The van der Waals surface area contributed by atoms with Crippen LogP contribution in [0.1, 0.15) is 30.5 Å². The van der Waals surface area contributed by atoms with Crippen molar-refractivity contribution in [3.05, 3.63) is 53.2 Å². The second kappa shape index (κ2) is 5.56. The van der Waals surface area contributed by atoms with Crippen LogP contribution in [0.15, 0.2) is 36.5 Å². The SMILES string of the molecule is Cc1c[n+](C)c(-c2ccccc2C)cc1CC(C)C. The Kier molecular flexibility index (Phi) is 4.04. The second-order valence-electron chi connectivity index (χ2n) is 5.89. The van der Waals surface area contributed by atoms with E-state index in [1.807, 2.05) is 0 Å². The van der Waals surface area contributed by atoms with Crippen LogP contribution in [0.2, 0.25) is 0 Å². The third-order valence-electron chi connectivity index (χ3n) is 3.63. The van der Waals surface area contributed by atoms with Gasteiger partial charge in [-0.05, 0) is 43.4 Å². The number of hydrogen-bond acceptors (Lipinski definition) is 0. The van der Waals surface area contributed by atoms with Crippen molar-refractivity contribution in [1.29, 1.82) is 0 Å². The minimum Gasteiger partial charge on any atom is -0.201 e. The van der Waals surface area contributed by atoms with E-state index < -0.39 is 0 Å². The summed E-state index contributed by atoms with van der Waals surface area (Å²) in [4.78, 5) is 0. The van der Waals surface area contributed by atoms with Gasteiger partial charge < -0.3 is 0 Å². The molecule has 0 N–H and O–H groups in total. The van der Waals surface area contributed by atoms with Crippen molar-refractivity contribution in [3.63, 3.8) is 0 Å². The van der Waals surface area contributed by atoms with E-state index in [0.717, 1.165) is 6.42 Å². The topological polar surface area (TPSA) is 3.88 Å². The Balaban J connectivity index is 2.55. The number of aryl methyl sites for hydroxylation is 3. The zero-order valence-corrected chi connectivity index (χ0v) is 12.7. The highest BCUT2D eigenvalue weighted by Gasteiger charge is 2.15. The molecule has 1 heteroatoms. The van der Waals surface area contributed by atoms with Crippen molar-refractivity contribution in [3.8, 4) is 11.3 Å². The molecular formula is C18H24N+. The maximum absolute atomic E-state index is 2.36. The zero-order chi connectivity index (χ0) is 14.0. The Hall–Kier alpha value is -1.63. The van der Waals surface area contributed by atoms with Gasteiger partial charge in [0, 0.05) is 17.2 Å². The minimum absolute atomic E-state index is 0.691. The quantitative estimate of drug-likeness (QED) is 0.729. The zero-order valence-electron chi connectivity index (χ0n) is 12.7. The Bertz CT molecular complexity index is 582. The molecule has 0 radical (unpaired) electrons. The van der Waals surface area contributed by atoms with E-state index in [9.17, 15) is 0 Å². The van der Waals surface area contributed by atoms with E-state index in [0.29, 0.717) is 5.92 Å². The molecule has 2 rings (SSSR count). The predicted octanol–water partition coefficient (Wildman–Crippen LogP) is 3.99. The Labute approximate surface area is 116 Å². The van der Waals surface area contributed by atoms with Gasteiger partial charge in [0.1, 0.15) is 7.05 Å². The third-order valence-corrected chi connectivity index (χ3v) is 3.63. The first-order valence-corrected chi connectivity index (χ1v) is 7.04. The van der Waals surface area contributed by atoms with E-state index >= 15 is 0 Å². The average molecular weight is 254 g/mol. The first kappa shape index (κ1) is 13.8. The van der Waals surface area contributed by atoms with E-state index in [1.54, 1.807) is 0 Å². The Morgan fingerprint density at radius 1 is 1.05 bits per heavy atom. The maximum atomic E-state index is 2.36. The first-order valence-electron chi connectivity index (χ1n) is 7.04. The molecule has 2 aromatic rings. The van der Waals surface area contributed by atoms with Crippen LogP contribution < -0.4 is 4.57 Å². The lowest BCUT2D eigenvalue weighted by molar-refractivity contribution is -0.660.